The predicted molar refractivity (Wildman–Crippen MR) is 61.6 cm³/mol. The second kappa shape index (κ2) is 8.74. The molecule has 0 heterocycles. The van der Waals surface area contributed by atoms with Crippen molar-refractivity contribution in [1.29, 1.82) is 0 Å². The minimum atomic E-state index is 0. The van der Waals surface area contributed by atoms with Gasteiger partial charge in [0, 0.05) is 0 Å². The van der Waals surface area contributed by atoms with E-state index in [1.807, 2.05) is 0 Å². The summed E-state index contributed by atoms with van der Waals surface area (Å²) in [5.41, 5.74) is 2.72. The summed E-state index contributed by atoms with van der Waals surface area (Å²) in [4.78, 5) is 0. The largest absolute Gasteiger partial charge is 2.00 e. The summed E-state index contributed by atoms with van der Waals surface area (Å²) in [5.74, 6) is 0. The van der Waals surface area contributed by atoms with Gasteiger partial charge in [0.15, 0.2) is 0 Å². The fourth-order valence-electron chi connectivity index (χ4n) is 1.39. The molecule has 0 unspecified atom stereocenters. The Morgan fingerprint density at radius 3 is 1.47 bits per heavy atom. The zero-order chi connectivity index (χ0) is 10.2. The molecule has 84 valence electrons. The van der Waals surface area contributed by atoms with Crippen molar-refractivity contribution >= 4 is 0 Å². The Bertz CT molecular complexity index is 250. The summed E-state index contributed by atoms with van der Waals surface area (Å²) in [6.07, 6.45) is 19.3. The summed E-state index contributed by atoms with van der Waals surface area (Å²) >= 11 is 0. The normalized spacial score (nSPS) is 16.4. The first-order chi connectivity index (χ1) is 6.86. The molecule has 0 saturated carbocycles. The molecule has 2 aliphatic carbocycles. The van der Waals surface area contributed by atoms with Crippen molar-refractivity contribution in [1.82, 2.24) is 0 Å². The first-order valence-electron chi connectivity index (χ1n) is 5.39. The summed E-state index contributed by atoms with van der Waals surface area (Å²) in [6, 6.07) is 0. The summed E-state index contributed by atoms with van der Waals surface area (Å²) in [5, 5.41) is 0. The van der Waals surface area contributed by atoms with Gasteiger partial charge in [-0.15, -0.1) is 12.8 Å². The SMILES string of the molecule is CCC1=[C-]CC=C1.CCC1=[C-]CC=C1.[Ni+2]. The number of hydrogen-bond acceptors (Lipinski definition) is 0. The summed E-state index contributed by atoms with van der Waals surface area (Å²) < 4.78 is 0. The molecule has 0 aromatic carbocycles. The minimum Gasteiger partial charge on any atom is -0.270 e. The molecule has 0 amide bonds. The van der Waals surface area contributed by atoms with E-state index in [4.69, 9.17) is 0 Å². The van der Waals surface area contributed by atoms with Crippen molar-refractivity contribution in [2.75, 3.05) is 0 Å². The molecule has 2 aliphatic rings. The Kier molecular flexibility index (Phi) is 8.42. The van der Waals surface area contributed by atoms with Crippen LogP contribution in [0.25, 0.3) is 0 Å². The molecule has 0 aromatic rings. The van der Waals surface area contributed by atoms with E-state index in [0.717, 1.165) is 25.7 Å². The van der Waals surface area contributed by atoms with Gasteiger partial charge in [-0.2, -0.15) is 12.2 Å². The van der Waals surface area contributed by atoms with Crippen LogP contribution in [0.3, 0.4) is 0 Å². The number of hydrogen-bond donors (Lipinski definition) is 0. The minimum absolute atomic E-state index is 0. The van der Waals surface area contributed by atoms with Crippen LogP contribution in [0.15, 0.2) is 35.5 Å². The smallest absolute Gasteiger partial charge is 0.270 e. The molecule has 0 bridgehead atoms. The first-order valence-corrected chi connectivity index (χ1v) is 5.39. The van der Waals surface area contributed by atoms with E-state index in [-0.39, 0.29) is 16.5 Å². The molecule has 0 radical (unpaired) electrons. The van der Waals surface area contributed by atoms with Crippen molar-refractivity contribution in [3.05, 3.63) is 47.6 Å². The third kappa shape index (κ3) is 5.79. The van der Waals surface area contributed by atoms with Crippen LogP contribution in [-0.4, -0.2) is 0 Å². The molecule has 0 atom stereocenters. The summed E-state index contributed by atoms with van der Waals surface area (Å²) in [7, 11) is 0. The third-order valence-corrected chi connectivity index (χ3v) is 2.29. The number of allylic oxidation sites excluding steroid dienone is 8. The van der Waals surface area contributed by atoms with Gasteiger partial charge in [0.05, 0.1) is 0 Å². The van der Waals surface area contributed by atoms with Crippen molar-refractivity contribution in [3.63, 3.8) is 0 Å². The summed E-state index contributed by atoms with van der Waals surface area (Å²) in [6.45, 7) is 4.30. The Balaban J connectivity index is 0.000000245. The van der Waals surface area contributed by atoms with Gasteiger partial charge in [0.2, 0.25) is 0 Å². The van der Waals surface area contributed by atoms with Gasteiger partial charge < -0.3 is 0 Å². The maximum atomic E-state index is 3.21. The molecule has 0 spiro atoms. The number of rotatable bonds is 2. The van der Waals surface area contributed by atoms with Gasteiger partial charge in [0.25, 0.3) is 0 Å². The standard InChI is InChI=1S/2C7H9.Ni/c2*1-2-7-5-3-4-6-7;/h2*3,5H,2,4H2,1H3;/q2*-1;+2. The fraction of sp³-hybridized carbons (Fsp3) is 0.429. The van der Waals surface area contributed by atoms with Crippen molar-refractivity contribution < 1.29 is 16.5 Å². The van der Waals surface area contributed by atoms with E-state index in [2.05, 4.69) is 50.3 Å². The monoisotopic (exact) mass is 244 g/mol. The van der Waals surface area contributed by atoms with E-state index in [1.165, 1.54) is 11.1 Å². The van der Waals surface area contributed by atoms with Gasteiger partial charge in [-0.1, -0.05) is 26.7 Å². The average molecular weight is 245 g/mol. The molecule has 0 fully saturated rings. The van der Waals surface area contributed by atoms with Gasteiger partial charge >= 0.3 is 16.5 Å². The molecule has 1 heteroatoms. The van der Waals surface area contributed by atoms with Crippen LogP contribution >= 0.6 is 0 Å². The molecule has 0 aliphatic heterocycles. The molecule has 2 rings (SSSR count). The molecule has 15 heavy (non-hydrogen) atoms. The van der Waals surface area contributed by atoms with Crippen LogP contribution < -0.4 is 0 Å². The van der Waals surface area contributed by atoms with E-state index in [1.54, 1.807) is 0 Å². The quantitative estimate of drug-likeness (QED) is 0.505. The van der Waals surface area contributed by atoms with Crippen molar-refractivity contribution in [2.45, 2.75) is 39.5 Å². The van der Waals surface area contributed by atoms with Gasteiger partial charge in [-0.25, -0.2) is 23.3 Å². The average Bonchev–Trinajstić information content (AvgIpc) is 2.92. The molecule has 0 nitrogen and oxygen atoms in total. The molecular formula is C14H18Ni. The van der Waals surface area contributed by atoms with Gasteiger partial charge in [-0.05, 0) is 0 Å². The maximum absolute atomic E-state index is 3.21. The Morgan fingerprint density at radius 1 is 0.933 bits per heavy atom. The van der Waals surface area contributed by atoms with Crippen LogP contribution in [0.1, 0.15) is 39.5 Å². The second-order valence-corrected chi connectivity index (χ2v) is 3.32. The van der Waals surface area contributed by atoms with Crippen LogP contribution in [-0.2, 0) is 16.5 Å². The maximum Gasteiger partial charge on any atom is 2.00 e. The van der Waals surface area contributed by atoms with Crippen LogP contribution in [0.5, 0.6) is 0 Å². The predicted octanol–water partition coefficient (Wildman–Crippen LogP) is 4.17. The van der Waals surface area contributed by atoms with E-state index < -0.39 is 0 Å². The molecule has 0 aromatic heterocycles. The first kappa shape index (κ1) is 14.5. The van der Waals surface area contributed by atoms with Crippen LogP contribution in [0, 0.1) is 12.2 Å². The molecule has 0 saturated heterocycles. The van der Waals surface area contributed by atoms with Gasteiger partial charge in [-0.3, -0.25) is 12.2 Å². The second-order valence-electron chi connectivity index (χ2n) is 3.32. The Morgan fingerprint density at radius 2 is 1.33 bits per heavy atom. The third-order valence-electron chi connectivity index (χ3n) is 2.29. The van der Waals surface area contributed by atoms with E-state index >= 15 is 0 Å². The zero-order valence-electron chi connectivity index (χ0n) is 9.45. The van der Waals surface area contributed by atoms with Crippen molar-refractivity contribution in [2.24, 2.45) is 0 Å². The van der Waals surface area contributed by atoms with Crippen molar-refractivity contribution in [3.8, 4) is 0 Å². The van der Waals surface area contributed by atoms with E-state index in [0.29, 0.717) is 0 Å². The zero-order valence-corrected chi connectivity index (χ0v) is 10.4. The Hall–Kier alpha value is -0.546. The van der Waals surface area contributed by atoms with Crippen LogP contribution in [0.4, 0.5) is 0 Å². The fourth-order valence-corrected chi connectivity index (χ4v) is 1.39. The van der Waals surface area contributed by atoms with E-state index in [9.17, 15) is 0 Å². The topological polar surface area (TPSA) is 0 Å². The Labute approximate surface area is 104 Å². The van der Waals surface area contributed by atoms with Gasteiger partial charge in [0.1, 0.15) is 0 Å². The van der Waals surface area contributed by atoms with Crippen LogP contribution in [0.2, 0.25) is 0 Å². The molecule has 0 N–H and O–H groups in total. The molecular weight excluding hydrogens is 227 g/mol.